The number of phenols is 1. The lowest BCUT2D eigenvalue weighted by Gasteiger charge is -2.32. The molecule has 0 atom stereocenters. The Morgan fingerprint density at radius 2 is 1.76 bits per heavy atom. The molecule has 6 nitrogen and oxygen atoms in total. The van der Waals surface area contributed by atoms with Crippen LogP contribution in [0.25, 0.3) is 6.08 Å². The van der Waals surface area contributed by atoms with Crippen molar-refractivity contribution in [2.24, 2.45) is 0 Å². The molecule has 0 saturated carbocycles. The maximum absolute atomic E-state index is 12.9. The Morgan fingerprint density at radius 1 is 1.07 bits per heavy atom. The average Bonchev–Trinajstić information content (AvgIpc) is 3.02. The van der Waals surface area contributed by atoms with Gasteiger partial charge in [0.05, 0.1) is 11.1 Å². The summed E-state index contributed by atoms with van der Waals surface area (Å²) in [4.78, 5) is 19.5. The number of rotatable bonds is 4. The summed E-state index contributed by atoms with van der Waals surface area (Å²) in [7, 11) is 6.09. The van der Waals surface area contributed by atoms with E-state index in [1.54, 1.807) is 18.2 Å². The van der Waals surface area contributed by atoms with Crippen molar-refractivity contribution in [3.63, 3.8) is 0 Å². The number of ketones is 1. The molecule has 2 aliphatic heterocycles. The van der Waals surface area contributed by atoms with Gasteiger partial charge in [-0.15, -0.1) is 0 Å². The van der Waals surface area contributed by atoms with Gasteiger partial charge in [-0.25, -0.2) is 0 Å². The van der Waals surface area contributed by atoms with E-state index in [0.29, 0.717) is 29.2 Å². The molecular weight excluding hydrogens is 366 g/mol. The molecule has 29 heavy (non-hydrogen) atoms. The maximum Gasteiger partial charge on any atom is 0.231 e. The number of anilines is 1. The molecule has 1 fully saturated rings. The molecule has 0 aliphatic carbocycles. The molecule has 4 rings (SSSR count). The Kier molecular flexibility index (Phi) is 5.30. The van der Waals surface area contributed by atoms with E-state index < -0.39 is 0 Å². The lowest BCUT2D eigenvalue weighted by atomic mass is 10.0. The van der Waals surface area contributed by atoms with Crippen LogP contribution >= 0.6 is 0 Å². The van der Waals surface area contributed by atoms with Crippen molar-refractivity contribution in [3.8, 4) is 11.5 Å². The largest absolute Gasteiger partial charge is 0.507 e. The molecule has 2 heterocycles. The van der Waals surface area contributed by atoms with Crippen LogP contribution < -0.4 is 9.64 Å². The third-order valence-corrected chi connectivity index (χ3v) is 5.60. The summed E-state index contributed by atoms with van der Waals surface area (Å²) >= 11 is 0. The van der Waals surface area contributed by atoms with Crippen molar-refractivity contribution >= 4 is 17.5 Å². The predicted molar refractivity (Wildman–Crippen MR) is 115 cm³/mol. The predicted octanol–water partition coefficient (Wildman–Crippen LogP) is 2.82. The number of allylic oxidation sites excluding steroid dienone is 1. The van der Waals surface area contributed by atoms with E-state index in [1.165, 1.54) is 0 Å². The second-order valence-corrected chi connectivity index (χ2v) is 7.95. The van der Waals surface area contributed by atoms with Gasteiger partial charge in [-0.1, -0.05) is 12.1 Å². The lowest BCUT2D eigenvalue weighted by molar-refractivity contribution is 0.101. The zero-order chi connectivity index (χ0) is 20.5. The number of carbonyl (C=O) groups excluding carboxylic acids is 1. The van der Waals surface area contributed by atoms with Crippen molar-refractivity contribution in [1.82, 2.24) is 9.80 Å². The van der Waals surface area contributed by atoms with Gasteiger partial charge in [-0.3, -0.25) is 9.69 Å². The normalized spacial score (nSPS) is 18.7. The summed E-state index contributed by atoms with van der Waals surface area (Å²) in [6.45, 7) is 4.40. The summed E-state index contributed by atoms with van der Waals surface area (Å²) in [6, 6.07) is 11.2. The molecule has 0 unspecified atom stereocenters. The van der Waals surface area contributed by atoms with Gasteiger partial charge in [-0.2, -0.15) is 0 Å². The van der Waals surface area contributed by atoms with Crippen LogP contribution in [0, 0.1) is 0 Å². The van der Waals surface area contributed by atoms with E-state index in [4.69, 9.17) is 4.74 Å². The smallest absolute Gasteiger partial charge is 0.231 e. The fourth-order valence-electron chi connectivity index (χ4n) is 3.70. The number of Topliss-reactive ketones (excluding diaryl/α,β-unsaturated/α-hetero) is 1. The minimum Gasteiger partial charge on any atom is -0.507 e. The third-order valence-electron chi connectivity index (χ3n) is 5.60. The van der Waals surface area contributed by atoms with Crippen LogP contribution in [0.5, 0.6) is 11.5 Å². The van der Waals surface area contributed by atoms with E-state index in [1.807, 2.05) is 43.3 Å². The first-order chi connectivity index (χ1) is 13.9. The number of likely N-dealkylation sites (N-methyl/N-ethyl adjacent to an activating group) is 1. The SMILES string of the molecule is CN1CCN(Cc2c(O)ccc3c2O/C(=C\c2ccc(N(C)C)cc2)C3=O)CC1. The van der Waals surface area contributed by atoms with E-state index in [0.717, 1.165) is 37.4 Å². The standard InChI is InChI=1S/C23H27N3O3/c1-24(2)17-6-4-16(5-7-17)14-21-22(28)18-8-9-20(27)19(23(18)29-21)15-26-12-10-25(3)11-13-26/h4-9,14,27H,10-13,15H2,1-3H3/b21-14-. The number of fused-ring (bicyclic) bond motifs is 1. The van der Waals surface area contributed by atoms with Crippen LogP contribution in [0.3, 0.4) is 0 Å². The minimum absolute atomic E-state index is 0.142. The zero-order valence-corrected chi connectivity index (χ0v) is 17.2. The molecule has 0 bridgehead atoms. The third kappa shape index (κ3) is 3.99. The monoisotopic (exact) mass is 393 g/mol. The highest BCUT2D eigenvalue weighted by molar-refractivity contribution is 6.15. The van der Waals surface area contributed by atoms with E-state index in [2.05, 4.69) is 16.8 Å². The molecule has 1 saturated heterocycles. The quantitative estimate of drug-likeness (QED) is 0.807. The van der Waals surface area contributed by atoms with Crippen LogP contribution in [0.2, 0.25) is 0 Å². The van der Waals surface area contributed by atoms with Crippen LogP contribution in [0.1, 0.15) is 21.5 Å². The number of phenolic OH excluding ortho intramolecular Hbond substituents is 1. The molecule has 0 aromatic heterocycles. The van der Waals surface area contributed by atoms with E-state index >= 15 is 0 Å². The minimum atomic E-state index is -0.142. The van der Waals surface area contributed by atoms with Crippen LogP contribution in [0.4, 0.5) is 5.69 Å². The Morgan fingerprint density at radius 3 is 2.41 bits per heavy atom. The number of hydrogen-bond acceptors (Lipinski definition) is 6. The van der Waals surface area contributed by atoms with Crippen LogP contribution in [0.15, 0.2) is 42.2 Å². The summed E-state index contributed by atoms with van der Waals surface area (Å²) in [5.41, 5.74) is 3.19. The summed E-state index contributed by atoms with van der Waals surface area (Å²) < 4.78 is 5.98. The number of nitrogens with zero attached hydrogens (tertiary/aromatic N) is 3. The van der Waals surface area contributed by atoms with E-state index in [9.17, 15) is 9.90 Å². The molecular formula is C23H27N3O3. The maximum atomic E-state index is 12.9. The fraction of sp³-hybridized carbons (Fsp3) is 0.348. The number of piperazine rings is 1. The highest BCUT2D eigenvalue weighted by atomic mass is 16.5. The van der Waals surface area contributed by atoms with Gasteiger partial charge in [0.2, 0.25) is 5.78 Å². The summed E-state index contributed by atoms with van der Waals surface area (Å²) in [5, 5.41) is 10.4. The molecule has 152 valence electrons. The van der Waals surface area contributed by atoms with Crippen LogP contribution in [-0.2, 0) is 6.54 Å². The molecule has 1 N–H and O–H groups in total. The number of carbonyl (C=O) groups is 1. The van der Waals surface area contributed by atoms with Crippen molar-refractivity contribution in [1.29, 1.82) is 0 Å². The first-order valence-corrected chi connectivity index (χ1v) is 9.90. The zero-order valence-electron chi connectivity index (χ0n) is 17.2. The van der Waals surface area contributed by atoms with Gasteiger partial charge < -0.3 is 19.6 Å². The Bertz CT molecular complexity index is 943. The highest BCUT2D eigenvalue weighted by Crippen LogP contribution is 2.40. The highest BCUT2D eigenvalue weighted by Gasteiger charge is 2.32. The van der Waals surface area contributed by atoms with Gasteiger partial charge in [0, 0.05) is 52.5 Å². The lowest BCUT2D eigenvalue weighted by Crippen LogP contribution is -2.43. The Labute approximate surface area is 171 Å². The number of benzene rings is 2. The van der Waals surface area contributed by atoms with Crippen LogP contribution in [-0.4, -0.2) is 68.0 Å². The number of aromatic hydroxyl groups is 1. The van der Waals surface area contributed by atoms with Gasteiger partial charge in [0.1, 0.15) is 11.5 Å². The van der Waals surface area contributed by atoms with Gasteiger partial charge in [0.25, 0.3) is 0 Å². The molecule has 0 spiro atoms. The molecule has 0 radical (unpaired) electrons. The van der Waals surface area contributed by atoms with Crippen molar-refractivity contribution in [2.45, 2.75) is 6.54 Å². The topological polar surface area (TPSA) is 56.2 Å². The molecule has 2 aromatic carbocycles. The Hall–Kier alpha value is -2.83. The summed E-state index contributed by atoms with van der Waals surface area (Å²) in [6.07, 6.45) is 1.76. The molecule has 2 aromatic rings. The fourth-order valence-corrected chi connectivity index (χ4v) is 3.70. The van der Waals surface area contributed by atoms with E-state index in [-0.39, 0.29) is 11.5 Å². The van der Waals surface area contributed by atoms with Gasteiger partial charge >= 0.3 is 0 Å². The summed E-state index contributed by atoms with van der Waals surface area (Å²) in [5.74, 6) is 0.816. The number of hydrogen-bond donors (Lipinski definition) is 1. The first-order valence-electron chi connectivity index (χ1n) is 9.90. The Balaban J connectivity index is 1.59. The molecule has 6 heteroatoms. The van der Waals surface area contributed by atoms with Crippen molar-refractivity contribution in [2.75, 3.05) is 52.2 Å². The average molecular weight is 393 g/mol. The van der Waals surface area contributed by atoms with Gasteiger partial charge in [0.15, 0.2) is 5.76 Å². The first kappa shape index (κ1) is 19.5. The number of ether oxygens (including phenoxy) is 1. The second-order valence-electron chi connectivity index (χ2n) is 7.95. The molecule has 0 amide bonds. The van der Waals surface area contributed by atoms with Gasteiger partial charge in [-0.05, 0) is 43.0 Å². The van der Waals surface area contributed by atoms with Crippen molar-refractivity contribution in [3.05, 3.63) is 58.8 Å². The van der Waals surface area contributed by atoms with Crippen molar-refractivity contribution < 1.29 is 14.6 Å². The molecule has 2 aliphatic rings. The second kappa shape index (κ2) is 7.89.